The molecule has 0 aliphatic heterocycles. The summed E-state index contributed by atoms with van der Waals surface area (Å²) in [5.74, 6) is 0. The number of hydrogen-bond acceptors (Lipinski definition) is 4. The highest BCUT2D eigenvalue weighted by atomic mass is 32.1. The fraction of sp³-hybridized carbons (Fsp3) is 0. The lowest BCUT2D eigenvalue weighted by atomic mass is 9.98. The summed E-state index contributed by atoms with van der Waals surface area (Å²) in [4.78, 5) is 9.47. The SMILES string of the molecule is [2H]c1c([2H])c([2H])c(-c2nc3c([2H])c([2H])c4c([2H])c(-c5c([2H])c([2H])c([2H])c(N(c6cc([2H])c7sc8c([2H])c([2H])c([2H])c([2H])c8c7c6[2H])c6c([2H])c([2H])c([2H])c([2H])c6-c6c([2H])c([2H])c([2H])c([2H])c6[2H])c5[2H])c([2H])c([2H])c4c3nc2-c2c([2H])c([2H])c([2H])c([2H])c2[2H])c([2H])c1[2H]. The molecule has 0 spiro atoms. The van der Waals surface area contributed by atoms with Gasteiger partial charge >= 0.3 is 0 Å². The number of thiophene rings is 1. The number of nitrogens with zero attached hydrogens (tertiary/aromatic N) is 3. The molecule has 0 radical (unpaired) electrons. The summed E-state index contributed by atoms with van der Waals surface area (Å²) in [6, 6.07) is -32.9. The Kier molecular flexibility index (Phi) is 3.42. The summed E-state index contributed by atoms with van der Waals surface area (Å²) < 4.78 is 307. The van der Waals surface area contributed by atoms with E-state index in [4.69, 9.17) is 28.8 Å². The molecule has 272 valence electrons. The topological polar surface area (TPSA) is 29.0 Å². The Hall–Kier alpha value is -7.40. The number of hydrogen-bond donors (Lipinski definition) is 0. The van der Waals surface area contributed by atoms with Crippen molar-refractivity contribution in [3.05, 3.63) is 212 Å². The zero-order chi connectivity index (χ0) is 68.0. The second kappa shape index (κ2) is 14.3. The number of aromatic nitrogens is 2. The van der Waals surface area contributed by atoms with Crippen LogP contribution >= 0.6 is 11.3 Å². The summed E-state index contributed by atoms with van der Waals surface area (Å²) in [5.41, 5.74) is -11.6. The van der Waals surface area contributed by atoms with Crippen molar-refractivity contribution in [3.63, 3.8) is 0 Å². The molecule has 4 heteroatoms. The van der Waals surface area contributed by atoms with E-state index in [1.807, 2.05) is 0 Å². The molecule has 0 atom stereocenters. The zero-order valence-electron chi connectivity index (χ0n) is 62.8. The molecular formula is C54H35N3S. The number of para-hydroxylation sites is 1. The normalized spacial score (nSPS) is 19.7. The Bertz CT molecular complexity index is 5210. The van der Waals surface area contributed by atoms with E-state index < -0.39 is 294 Å². The second-order valence-corrected chi connectivity index (χ2v) is 13.0. The summed E-state index contributed by atoms with van der Waals surface area (Å²) in [7, 11) is 0. The molecule has 0 aliphatic rings. The van der Waals surface area contributed by atoms with Gasteiger partial charge in [0.15, 0.2) is 0 Å². The molecule has 0 aliphatic carbocycles. The van der Waals surface area contributed by atoms with Crippen LogP contribution in [0.1, 0.15) is 46.6 Å². The molecule has 2 heterocycles. The minimum absolute atomic E-state index is 0.165. The average molecular weight is 792 g/mol. The minimum Gasteiger partial charge on any atom is -0.310 e. The highest BCUT2D eigenvalue weighted by Crippen LogP contribution is 2.45. The lowest BCUT2D eigenvalue weighted by Gasteiger charge is -2.28. The van der Waals surface area contributed by atoms with Gasteiger partial charge in [-0.05, 0) is 76.5 Å². The molecule has 0 unspecified atom stereocenters. The van der Waals surface area contributed by atoms with Gasteiger partial charge in [0.05, 0.1) is 74.7 Å². The van der Waals surface area contributed by atoms with Gasteiger partial charge in [-0.15, -0.1) is 11.3 Å². The molecule has 11 rings (SSSR count). The summed E-state index contributed by atoms with van der Waals surface area (Å²) >= 11 is 0.653. The van der Waals surface area contributed by atoms with Gasteiger partial charge in [0.25, 0.3) is 0 Å². The second-order valence-electron chi connectivity index (χ2n) is 12.0. The van der Waals surface area contributed by atoms with E-state index >= 15 is 0 Å². The maximum Gasteiger partial charge on any atom is 0.0973 e. The lowest BCUT2D eigenvalue weighted by Crippen LogP contribution is -2.11. The lowest BCUT2D eigenvalue weighted by molar-refractivity contribution is 1.29. The molecule has 0 N–H and O–H groups in total. The van der Waals surface area contributed by atoms with Crippen molar-refractivity contribution in [3.8, 4) is 44.8 Å². The smallest absolute Gasteiger partial charge is 0.0973 e. The summed E-state index contributed by atoms with van der Waals surface area (Å²) in [6.45, 7) is 0. The van der Waals surface area contributed by atoms with Crippen LogP contribution in [0, 0.1) is 0 Å². The number of rotatable bonds is 7. The van der Waals surface area contributed by atoms with Gasteiger partial charge in [0.1, 0.15) is 0 Å². The monoisotopic (exact) mass is 791 g/mol. The van der Waals surface area contributed by atoms with Gasteiger partial charge in [-0.25, -0.2) is 9.97 Å². The van der Waals surface area contributed by atoms with Crippen molar-refractivity contribution >= 4 is 70.4 Å². The maximum atomic E-state index is 10.2. The Morgan fingerprint density at radius 2 is 1.05 bits per heavy atom. The number of benzene rings is 9. The third kappa shape index (κ3) is 5.99. The zero-order valence-corrected chi connectivity index (χ0v) is 29.6. The Labute approximate surface area is 388 Å². The molecule has 0 fully saturated rings. The van der Waals surface area contributed by atoms with Crippen LogP contribution < -0.4 is 4.90 Å². The van der Waals surface area contributed by atoms with E-state index in [-0.39, 0.29) is 14.8 Å². The summed E-state index contributed by atoms with van der Waals surface area (Å²) in [5, 5.41) is -2.30. The largest absolute Gasteiger partial charge is 0.310 e. The number of anilines is 3. The Morgan fingerprint density at radius 3 is 1.84 bits per heavy atom. The molecule has 0 amide bonds. The van der Waals surface area contributed by atoms with Gasteiger partial charge in [-0.1, -0.05) is 157 Å². The van der Waals surface area contributed by atoms with E-state index in [0.29, 0.717) is 16.2 Å². The van der Waals surface area contributed by atoms with Gasteiger partial charge < -0.3 is 4.90 Å². The van der Waals surface area contributed by atoms with E-state index in [1.165, 1.54) is 0 Å². The Morgan fingerprint density at radius 1 is 0.414 bits per heavy atom. The van der Waals surface area contributed by atoms with E-state index in [2.05, 4.69) is 9.97 Å². The van der Waals surface area contributed by atoms with Crippen molar-refractivity contribution < 1.29 is 46.6 Å². The minimum atomic E-state index is -1.27. The predicted molar refractivity (Wildman–Crippen MR) is 246 cm³/mol. The van der Waals surface area contributed by atoms with Gasteiger partial charge in [0.2, 0.25) is 0 Å². The summed E-state index contributed by atoms with van der Waals surface area (Å²) in [6.07, 6.45) is 0. The first-order chi connectivity index (χ1) is 42.9. The first-order valence-electron chi connectivity index (χ1n) is 33.8. The number of fused-ring (bicyclic) bond motifs is 6. The average Bonchev–Trinajstić information content (AvgIpc) is 0.887. The van der Waals surface area contributed by atoms with Crippen molar-refractivity contribution in [2.45, 2.75) is 0 Å². The standard InChI is InChI=1S/C54H35N3S/c1-4-15-36(16-5-1)44-23-10-12-25-49(44)57(43-29-32-51-47(35-43)46-24-11-13-26-50(46)58-51)42-22-14-21-39(34-42)40-27-30-45-41(33-40)28-31-48-54(45)56-53(38-19-8-3-9-20-38)52(55-48)37-17-6-2-7-18-37/h1-35H/i1D,2D,3D,4D,5D,6D,7D,8D,9D,10D,11D,12D,13D,14D,15D,16D,17D,18D,19D,20D,21D,22D,23D,24D,25D,26D,27D,28D,30D,31D,32D,33D,34D,35D. The molecule has 0 saturated carbocycles. The van der Waals surface area contributed by atoms with Crippen LogP contribution in [-0.2, 0) is 0 Å². The first-order valence-corrected chi connectivity index (χ1v) is 17.6. The van der Waals surface area contributed by atoms with Crippen molar-refractivity contribution in [1.29, 1.82) is 0 Å². The van der Waals surface area contributed by atoms with Gasteiger partial charge in [-0.3, -0.25) is 0 Å². The fourth-order valence-corrected chi connectivity index (χ4v) is 7.05. The van der Waals surface area contributed by atoms with Crippen LogP contribution in [0.3, 0.4) is 0 Å². The molecule has 3 nitrogen and oxygen atoms in total. The predicted octanol–water partition coefficient (Wildman–Crippen LogP) is 15.3. The van der Waals surface area contributed by atoms with Crippen molar-refractivity contribution in [2.24, 2.45) is 0 Å². The van der Waals surface area contributed by atoms with E-state index in [1.54, 1.807) is 0 Å². The molecule has 0 bridgehead atoms. The molecule has 2 aromatic heterocycles. The molecule has 9 aromatic carbocycles. The van der Waals surface area contributed by atoms with E-state index in [0.717, 1.165) is 6.07 Å². The van der Waals surface area contributed by atoms with Crippen molar-refractivity contribution in [2.75, 3.05) is 4.90 Å². The third-order valence-corrected chi connectivity index (χ3v) is 9.66. The van der Waals surface area contributed by atoms with Gasteiger partial charge in [-0.2, -0.15) is 0 Å². The molecule has 11 aromatic rings. The van der Waals surface area contributed by atoms with Gasteiger partial charge in [0, 0.05) is 53.6 Å². The van der Waals surface area contributed by atoms with Crippen LogP contribution in [0.25, 0.3) is 86.7 Å². The van der Waals surface area contributed by atoms with E-state index in [9.17, 15) is 17.8 Å². The molecular weight excluding hydrogens is 723 g/mol. The first kappa shape index (κ1) is 13.9. The molecule has 0 saturated heterocycles. The van der Waals surface area contributed by atoms with Crippen molar-refractivity contribution in [1.82, 2.24) is 9.97 Å². The van der Waals surface area contributed by atoms with Crippen LogP contribution in [-0.4, -0.2) is 9.97 Å². The Balaban J connectivity index is 1.32. The van der Waals surface area contributed by atoms with Crippen LogP contribution in [0.5, 0.6) is 0 Å². The van der Waals surface area contributed by atoms with Crippen LogP contribution in [0.15, 0.2) is 212 Å². The highest BCUT2D eigenvalue weighted by Gasteiger charge is 2.20. The van der Waals surface area contributed by atoms with Crippen LogP contribution in [0.4, 0.5) is 17.1 Å². The highest BCUT2D eigenvalue weighted by molar-refractivity contribution is 7.25. The van der Waals surface area contributed by atoms with Crippen LogP contribution in [0.2, 0.25) is 0 Å². The maximum absolute atomic E-state index is 10.2. The third-order valence-electron chi connectivity index (χ3n) is 8.62. The fourth-order valence-electron chi connectivity index (χ4n) is 6.12. The molecule has 58 heavy (non-hydrogen) atoms. The quantitative estimate of drug-likeness (QED) is 0.151.